The van der Waals surface area contributed by atoms with Gasteiger partial charge in [0.2, 0.25) is 0 Å². The molecule has 2 aromatic heterocycles. The van der Waals surface area contributed by atoms with E-state index in [-0.39, 0.29) is 12.5 Å². The van der Waals surface area contributed by atoms with Gasteiger partial charge in [-0.1, -0.05) is 0 Å². The fourth-order valence-electron chi connectivity index (χ4n) is 3.65. The summed E-state index contributed by atoms with van der Waals surface area (Å²) in [7, 11) is 1.51. The lowest BCUT2D eigenvalue weighted by molar-refractivity contribution is -0.119. The number of anilines is 1. The van der Waals surface area contributed by atoms with Crippen LogP contribution in [0.5, 0.6) is 11.5 Å². The molecule has 0 fully saturated rings. The standard InChI is InChI=1S/C22H23N3O4S/c1-28-16-9-8-14(12-17(16)29-13-19(23)26)24-21(27)20-15-6-2-3-7-18(15)30-22(20)25-10-4-5-11-25/h4-5,8-12H,2-3,6-7,13H2,1H3,(H2,23,26)(H,24,27). The van der Waals surface area contributed by atoms with Gasteiger partial charge in [-0.05, 0) is 55.5 Å². The molecule has 0 radical (unpaired) electrons. The van der Waals surface area contributed by atoms with E-state index in [0.29, 0.717) is 17.2 Å². The Hall–Kier alpha value is -3.26. The number of methoxy groups -OCH3 is 1. The van der Waals surface area contributed by atoms with Crippen molar-refractivity contribution in [2.45, 2.75) is 25.7 Å². The number of aromatic nitrogens is 1. The van der Waals surface area contributed by atoms with E-state index in [0.717, 1.165) is 41.8 Å². The van der Waals surface area contributed by atoms with Gasteiger partial charge < -0.3 is 25.1 Å². The van der Waals surface area contributed by atoms with Crippen LogP contribution >= 0.6 is 11.3 Å². The fourth-order valence-corrected chi connectivity index (χ4v) is 5.00. The molecule has 1 aliphatic carbocycles. The van der Waals surface area contributed by atoms with E-state index in [1.807, 2.05) is 29.1 Å². The summed E-state index contributed by atoms with van der Waals surface area (Å²) in [6.45, 7) is -0.274. The second-order valence-electron chi connectivity index (χ2n) is 7.06. The zero-order chi connectivity index (χ0) is 21.1. The number of ether oxygens (including phenoxy) is 2. The molecular formula is C22H23N3O4S. The van der Waals surface area contributed by atoms with Crippen molar-refractivity contribution in [3.8, 4) is 16.5 Å². The van der Waals surface area contributed by atoms with Crippen LogP contribution in [0.25, 0.3) is 5.00 Å². The highest BCUT2D eigenvalue weighted by molar-refractivity contribution is 7.15. The first-order chi connectivity index (χ1) is 14.6. The van der Waals surface area contributed by atoms with Crippen LogP contribution in [0.2, 0.25) is 0 Å². The van der Waals surface area contributed by atoms with Crippen molar-refractivity contribution in [1.82, 2.24) is 4.57 Å². The van der Waals surface area contributed by atoms with Crippen LogP contribution in [-0.2, 0) is 17.6 Å². The van der Waals surface area contributed by atoms with Gasteiger partial charge >= 0.3 is 0 Å². The Kier molecular flexibility index (Phi) is 5.76. The number of primary amides is 1. The summed E-state index contributed by atoms with van der Waals surface area (Å²) in [5.41, 5.74) is 7.59. The minimum atomic E-state index is -0.590. The Morgan fingerprint density at radius 1 is 1.17 bits per heavy atom. The summed E-state index contributed by atoms with van der Waals surface area (Å²) >= 11 is 1.69. The Labute approximate surface area is 178 Å². The predicted octanol–water partition coefficient (Wildman–Crippen LogP) is 3.54. The quantitative estimate of drug-likeness (QED) is 0.605. The number of nitrogens with two attached hydrogens (primary N) is 1. The van der Waals surface area contributed by atoms with Gasteiger partial charge in [-0.25, -0.2) is 0 Å². The van der Waals surface area contributed by atoms with Crippen LogP contribution < -0.4 is 20.5 Å². The Morgan fingerprint density at radius 2 is 1.93 bits per heavy atom. The first-order valence-corrected chi connectivity index (χ1v) is 10.6. The summed E-state index contributed by atoms with van der Waals surface area (Å²) in [4.78, 5) is 25.7. The van der Waals surface area contributed by atoms with Crippen molar-refractivity contribution in [1.29, 1.82) is 0 Å². The van der Waals surface area contributed by atoms with Crippen molar-refractivity contribution in [3.63, 3.8) is 0 Å². The van der Waals surface area contributed by atoms with Gasteiger partial charge in [0.15, 0.2) is 18.1 Å². The van der Waals surface area contributed by atoms with E-state index in [2.05, 4.69) is 5.32 Å². The Morgan fingerprint density at radius 3 is 2.67 bits per heavy atom. The minimum absolute atomic E-state index is 0.163. The maximum absolute atomic E-state index is 13.3. The zero-order valence-corrected chi connectivity index (χ0v) is 17.5. The normalized spacial score (nSPS) is 12.8. The van der Waals surface area contributed by atoms with E-state index in [9.17, 15) is 9.59 Å². The number of amides is 2. The Bertz CT molecular complexity index is 1070. The molecule has 3 N–H and O–H groups in total. The monoisotopic (exact) mass is 425 g/mol. The Balaban J connectivity index is 1.65. The van der Waals surface area contributed by atoms with Gasteiger partial charge in [0.05, 0.1) is 12.7 Å². The van der Waals surface area contributed by atoms with Crippen molar-refractivity contribution in [3.05, 3.63) is 58.7 Å². The van der Waals surface area contributed by atoms with Crippen LogP contribution in [0, 0.1) is 0 Å². The van der Waals surface area contributed by atoms with E-state index in [1.54, 1.807) is 29.5 Å². The second kappa shape index (κ2) is 8.62. The molecule has 1 aromatic carbocycles. The molecule has 0 spiro atoms. The highest BCUT2D eigenvalue weighted by atomic mass is 32.1. The number of rotatable bonds is 7. The molecule has 0 unspecified atom stereocenters. The molecule has 0 saturated heterocycles. The maximum Gasteiger partial charge on any atom is 0.258 e. The highest BCUT2D eigenvalue weighted by Gasteiger charge is 2.26. The molecule has 0 saturated carbocycles. The SMILES string of the molecule is COc1ccc(NC(=O)c2c(-n3cccc3)sc3c2CCCC3)cc1OCC(N)=O. The number of nitrogens with zero attached hydrogens (tertiary/aromatic N) is 1. The lowest BCUT2D eigenvalue weighted by Crippen LogP contribution is -2.20. The smallest absolute Gasteiger partial charge is 0.258 e. The fraction of sp³-hybridized carbons (Fsp3) is 0.273. The summed E-state index contributed by atoms with van der Waals surface area (Å²) in [5, 5.41) is 3.91. The van der Waals surface area contributed by atoms with Crippen LogP contribution in [0.4, 0.5) is 5.69 Å². The second-order valence-corrected chi connectivity index (χ2v) is 8.14. The van der Waals surface area contributed by atoms with Gasteiger partial charge in [-0.2, -0.15) is 0 Å². The van der Waals surface area contributed by atoms with Crippen molar-refractivity contribution < 1.29 is 19.1 Å². The third-order valence-electron chi connectivity index (χ3n) is 5.01. The predicted molar refractivity (Wildman–Crippen MR) is 116 cm³/mol. The summed E-state index contributed by atoms with van der Waals surface area (Å²) in [6.07, 6.45) is 8.07. The number of hydrogen-bond acceptors (Lipinski definition) is 5. The molecule has 0 atom stereocenters. The first-order valence-electron chi connectivity index (χ1n) is 9.75. The summed E-state index contributed by atoms with van der Waals surface area (Å²) in [6, 6.07) is 8.95. The number of hydrogen-bond donors (Lipinski definition) is 2. The molecule has 30 heavy (non-hydrogen) atoms. The maximum atomic E-state index is 13.3. The number of aryl methyl sites for hydroxylation is 1. The van der Waals surface area contributed by atoms with Crippen LogP contribution in [0.3, 0.4) is 0 Å². The van der Waals surface area contributed by atoms with E-state index in [1.165, 1.54) is 12.0 Å². The van der Waals surface area contributed by atoms with Crippen molar-refractivity contribution in [2.75, 3.05) is 19.0 Å². The van der Waals surface area contributed by atoms with E-state index < -0.39 is 5.91 Å². The van der Waals surface area contributed by atoms with Gasteiger partial charge in [-0.15, -0.1) is 11.3 Å². The van der Waals surface area contributed by atoms with Gasteiger partial charge in [-0.3, -0.25) is 9.59 Å². The molecule has 0 aliphatic heterocycles. The molecule has 2 amide bonds. The molecule has 0 bridgehead atoms. The van der Waals surface area contributed by atoms with Crippen LogP contribution in [0.1, 0.15) is 33.6 Å². The van der Waals surface area contributed by atoms with Crippen molar-refractivity contribution in [2.24, 2.45) is 5.73 Å². The number of carbonyl (C=O) groups excluding carboxylic acids is 2. The first kappa shape index (κ1) is 20.0. The van der Waals surface area contributed by atoms with Crippen LogP contribution in [0.15, 0.2) is 42.7 Å². The molecule has 1 aliphatic rings. The number of fused-ring (bicyclic) bond motifs is 1. The van der Waals surface area contributed by atoms with Gasteiger partial charge in [0.25, 0.3) is 11.8 Å². The lowest BCUT2D eigenvalue weighted by atomic mass is 9.95. The average Bonchev–Trinajstić information content (AvgIpc) is 3.39. The summed E-state index contributed by atoms with van der Waals surface area (Å²) < 4.78 is 12.7. The molecule has 8 heteroatoms. The molecule has 3 aromatic rings. The van der Waals surface area contributed by atoms with Gasteiger partial charge in [0, 0.05) is 29.0 Å². The van der Waals surface area contributed by atoms with E-state index >= 15 is 0 Å². The molecule has 156 valence electrons. The average molecular weight is 426 g/mol. The third-order valence-corrected chi connectivity index (χ3v) is 6.32. The number of benzene rings is 1. The minimum Gasteiger partial charge on any atom is -0.493 e. The number of nitrogens with one attached hydrogen (secondary N) is 1. The number of carbonyl (C=O) groups is 2. The molecular weight excluding hydrogens is 402 g/mol. The number of thiophene rings is 1. The topological polar surface area (TPSA) is 95.6 Å². The zero-order valence-electron chi connectivity index (χ0n) is 16.6. The molecule has 2 heterocycles. The largest absolute Gasteiger partial charge is 0.493 e. The lowest BCUT2D eigenvalue weighted by Gasteiger charge is -2.15. The van der Waals surface area contributed by atoms with Crippen molar-refractivity contribution >= 4 is 28.8 Å². The van der Waals surface area contributed by atoms with Crippen LogP contribution in [-0.4, -0.2) is 30.1 Å². The van der Waals surface area contributed by atoms with Gasteiger partial charge in [0.1, 0.15) is 5.00 Å². The third kappa shape index (κ3) is 4.04. The highest BCUT2D eigenvalue weighted by Crippen LogP contribution is 2.38. The molecule has 7 nitrogen and oxygen atoms in total. The molecule has 4 rings (SSSR count). The summed E-state index contributed by atoms with van der Waals surface area (Å²) in [5.74, 6) is 0.0409. The van der Waals surface area contributed by atoms with E-state index in [4.69, 9.17) is 15.2 Å².